The number of hydrogen-bond donors (Lipinski definition) is 0. The maximum Gasteiger partial charge on any atom is 0.156 e. The monoisotopic (exact) mass is 774 g/mol. The van der Waals surface area contributed by atoms with E-state index < -0.39 is 6.04 Å². The lowest BCUT2D eigenvalue weighted by molar-refractivity contribution is 0.785. The first kappa shape index (κ1) is 39.2. The molecule has 7 aromatic rings. The van der Waals surface area contributed by atoms with Crippen molar-refractivity contribution in [2.75, 3.05) is 0 Å². The summed E-state index contributed by atoms with van der Waals surface area (Å²) < 4.78 is 1.80. The Hall–Kier alpha value is -7.61. The first-order valence-electron chi connectivity index (χ1n) is 20.4. The lowest BCUT2D eigenvalue weighted by atomic mass is 9.97. The Labute approximate surface area is 353 Å². The van der Waals surface area contributed by atoms with Crippen LogP contribution in [0.3, 0.4) is 0 Å². The van der Waals surface area contributed by atoms with Crippen LogP contribution in [0.4, 0.5) is 0 Å². The van der Waals surface area contributed by atoms with Crippen LogP contribution in [0.1, 0.15) is 53.6 Å². The van der Waals surface area contributed by atoms with E-state index in [1.807, 2.05) is 48.7 Å². The van der Waals surface area contributed by atoms with Gasteiger partial charge in [0.25, 0.3) is 0 Å². The highest BCUT2D eigenvalue weighted by Gasteiger charge is 2.13. The van der Waals surface area contributed by atoms with Gasteiger partial charge in [-0.05, 0) is 93.1 Å². The first-order valence-corrected chi connectivity index (χ1v) is 20.4. The van der Waals surface area contributed by atoms with Crippen molar-refractivity contribution in [2.24, 2.45) is 15.1 Å². The molecule has 1 aliphatic carbocycles. The fraction of sp³-hybridized carbons (Fsp3) is 0.0893. The maximum atomic E-state index is 6.10. The molecule has 290 valence electrons. The van der Waals surface area contributed by atoms with Crippen LogP contribution >= 0.6 is 0 Å². The van der Waals surface area contributed by atoms with Crippen LogP contribution in [0.25, 0.3) is 44.5 Å². The summed E-state index contributed by atoms with van der Waals surface area (Å²) in [5.41, 5.74) is 15.9. The average Bonchev–Trinajstić information content (AvgIpc) is 3.33. The van der Waals surface area contributed by atoms with Gasteiger partial charge in [-0.15, -0.1) is 6.42 Å². The molecule has 1 unspecified atom stereocenters. The van der Waals surface area contributed by atoms with Gasteiger partial charge in [-0.25, -0.2) is 4.68 Å². The summed E-state index contributed by atoms with van der Waals surface area (Å²) in [5, 5.41) is 4.38. The molecule has 0 saturated heterocycles. The van der Waals surface area contributed by atoms with Crippen molar-refractivity contribution in [1.82, 2.24) is 4.68 Å². The zero-order valence-electron chi connectivity index (χ0n) is 33.8. The molecular weight excluding hydrogens is 729 g/mol. The summed E-state index contributed by atoms with van der Waals surface area (Å²) in [7, 11) is 0. The molecule has 0 N–H and O–H groups in total. The molecule has 0 spiro atoms. The van der Waals surface area contributed by atoms with Crippen LogP contribution < -0.4 is 5.49 Å². The van der Waals surface area contributed by atoms with Gasteiger partial charge in [-0.2, -0.15) is 5.10 Å². The van der Waals surface area contributed by atoms with Crippen molar-refractivity contribution in [3.63, 3.8) is 0 Å². The first-order chi connectivity index (χ1) is 29.6. The SMILES string of the molecule is C#CC(N=C(/C=C(\C)c1ccc(-c2ccccc2)cc1)c1ccc(-c2ccc(CN=c3c(-c4ccccc4)cc(C4=CCCC=C4)cn3N=C)cc2)cc1)c1ccccc1. The molecule has 1 aliphatic rings. The van der Waals surface area contributed by atoms with E-state index in [-0.39, 0.29) is 0 Å². The minimum absolute atomic E-state index is 0.423. The van der Waals surface area contributed by atoms with E-state index in [4.69, 9.17) is 16.4 Å². The summed E-state index contributed by atoms with van der Waals surface area (Å²) in [4.78, 5) is 10.3. The maximum absolute atomic E-state index is 6.10. The predicted molar refractivity (Wildman–Crippen MR) is 252 cm³/mol. The standard InChI is InChI=1S/C56H46N4/c1-4-54(50-23-15-8-16-24-50)59-55(37-41(2)43-29-31-47(32-30-43)44-17-9-5-10-18-44)51-35-33-48(34-36-51)46-27-25-42(26-28-46)39-58-56-53(49-21-13-7-14-22-49)38-52(40-60(56)57-3)45-19-11-6-12-20-45/h1,5,7-11,13-38,40,54H,3,6,12,39H2,2H3/b41-37+,58-56?,59-55?. The zero-order chi connectivity index (χ0) is 41.1. The lowest BCUT2D eigenvalue weighted by Gasteiger charge is -2.14. The van der Waals surface area contributed by atoms with Crippen LogP contribution in [-0.2, 0) is 6.54 Å². The predicted octanol–water partition coefficient (Wildman–Crippen LogP) is 13.1. The van der Waals surface area contributed by atoms with Gasteiger partial charge in [0.2, 0.25) is 0 Å². The number of terminal acetylenes is 1. The fourth-order valence-corrected chi connectivity index (χ4v) is 7.48. The molecule has 1 aromatic heterocycles. The molecule has 0 saturated carbocycles. The number of rotatable bonds is 12. The Morgan fingerprint density at radius 2 is 1.25 bits per heavy atom. The van der Waals surface area contributed by atoms with Crippen molar-refractivity contribution in [2.45, 2.75) is 32.4 Å². The molecule has 0 radical (unpaired) electrons. The number of hydrogen-bond acceptors (Lipinski definition) is 3. The van der Waals surface area contributed by atoms with E-state index in [9.17, 15) is 0 Å². The van der Waals surface area contributed by atoms with Gasteiger partial charge in [0, 0.05) is 24.0 Å². The van der Waals surface area contributed by atoms with Crippen LogP contribution in [0, 0.1) is 12.3 Å². The Bertz CT molecular complexity index is 2820. The molecule has 4 nitrogen and oxygen atoms in total. The third kappa shape index (κ3) is 9.23. The normalized spacial score (nSPS) is 13.7. The molecule has 0 bridgehead atoms. The summed E-state index contributed by atoms with van der Waals surface area (Å²) >= 11 is 0. The van der Waals surface area contributed by atoms with E-state index in [1.54, 1.807) is 4.68 Å². The lowest BCUT2D eigenvalue weighted by Crippen LogP contribution is -2.21. The van der Waals surface area contributed by atoms with Crippen LogP contribution in [-0.4, -0.2) is 17.1 Å². The number of allylic oxidation sites excluding steroid dienone is 6. The molecule has 1 atom stereocenters. The highest BCUT2D eigenvalue weighted by molar-refractivity contribution is 6.12. The largest absolute Gasteiger partial charge is 0.264 e. The van der Waals surface area contributed by atoms with Gasteiger partial charge in [0.1, 0.15) is 6.04 Å². The Balaban J connectivity index is 1.06. The molecule has 4 heteroatoms. The van der Waals surface area contributed by atoms with E-state index >= 15 is 0 Å². The highest BCUT2D eigenvalue weighted by atomic mass is 15.3. The van der Waals surface area contributed by atoms with Gasteiger partial charge < -0.3 is 0 Å². The van der Waals surface area contributed by atoms with Crippen molar-refractivity contribution in [3.05, 3.63) is 234 Å². The van der Waals surface area contributed by atoms with Crippen LogP contribution in [0.5, 0.6) is 0 Å². The molecule has 1 heterocycles. The minimum Gasteiger partial charge on any atom is -0.264 e. The van der Waals surface area contributed by atoms with Gasteiger partial charge in [-0.1, -0.05) is 188 Å². The van der Waals surface area contributed by atoms with Gasteiger partial charge in [-0.3, -0.25) is 9.98 Å². The summed E-state index contributed by atoms with van der Waals surface area (Å²) in [6, 6.07) is 58.5. The number of nitrogens with zero attached hydrogens (tertiary/aromatic N) is 4. The van der Waals surface area contributed by atoms with Crippen molar-refractivity contribution < 1.29 is 0 Å². The van der Waals surface area contributed by atoms with Crippen molar-refractivity contribution in [1.29, 1.82) is 0 Å². The van der Waals surface area contributed by atoms with Crippen LogP contribution in [0.2, 0.25) is 0 Å². The van der Waals surface area contributed by atoms with Gasteiger partial charge in [0.15, 0.2) is 5.49 Å². The van der Waals surface area contributed by atoms with E-state index in [0.29, 0.717) is 6.54 Å². The van der Waals surface area contributed by atoms with Gasteiger partial charge in [0.05, 0.1) is 12.3 Å². The topological polar surface area (TPSA) is 42.0 Å². The van der Waals surface area contributed by atoms with Gasteiger partial charge >= 0.3 is 0 Å². The third-order valence-electron chi connectivity index (χ3n) is 10.8. The average molecular weight is 775 g/mol. The molecular formula is C56H46N4. The minimum atomic E-state index is -0.423. The van der Waals surface area contributed by atoms with Crippen molar-refractivity contribution >= 4 is 23.6 Å². The number of pyridine rings is 1. The molecule has 6 aromatic carbocycles. The summed E-state index contributed by atoms with van der Waals surface area (Å²) in [5.74, 6) is 2.92. The Kier molecular flexibility index (Phi) is 12.3. The van der Waals surface area contributed by atoms with E-state index in [0.717, 1.165) is 79.7 Å². The number of aliphatic imine (C=N–C) groups is 1. The third-order valence-corrected chi connectivity index (χ3v) is 10.8. The molecule has 0 aliphatic heterocycles. The summed E-state index contributed by atoms with van der Waals surface area (Å²) in [6.07, 6.45) is 19.0. The fourth-order valence-electron chi connectivity index (χ4n) is 7.48. The smallest absolute Gasteiger partial charge is 0.156 e. The quantitative estimate of drug-likeness (QED) is 0.0876. The molecule has 60 heavy (non-hydrogen) atoms. The second-order valence-corrected chi connectivity index (χ2v) is 14.8. The van der Waals surface area contributed by atoms with E-state index in [1.165, 1.54) is 16.7 Å². The van der Waals surface area contributed by atoms with Crippen molar-refractivity contribution in [3.8, 4) is 45.7 Å². The molecule has 0 amide bonds. The number of benzene rings is 6. The second-order valence-electron chi connectivity index (χ2n) is 14.8. The zero-order valence-corrected chi connectivity index (χ0v) is 33.8. The second kappa shape index (κ2) is 18.8. The molecule has 8 rings (SSSR count). The van der Waals surface area contributed by atoms with E-state index in [2.05, 4.69) is 176 Å². The Morgan fingerprint density at radius 3 is 1.83 bits per heavy atom. The summed E-state index contributed by atoms with van der Waals surface area (Å²) in [6.45, 7) is 6.52. The molecule has 0 fully saturated rings. The number of aromatic nitrogens is 1. The van der Waals surface area contributed by atoms with Crippen LogP contribution in [0.15, 0.2) is 215 Å². The highest BCUT2D eigenvalue weighted by Crippen LogP contribution is 2.28. The Morgan fingerprint density at radius 1 is 0.683 bits per heavy atom.